The van der Waals surface area contributed by atoms with Crippen molar-refractivity contribution in [3.05, 3.63) is 41.9 Å². The number of rotatable bonds is 4. The zero-order valence-corrected chi connectivity index (χ0v) is 12.0. The summed E-state index contributed by atoms with van der Waals surface area (Å²) in [4.78, 5) is 22.4. The maximum atomic E-state index is 13.2. The zero-order valence-electron chi connectivity index (χ0n) is 12.0. The maximum Gasteiger partial charge on any atom is 0.394 e. The van der Waals surface area contributed by atoms with Crippen molar-refractivity contribution in [3.63, 3.8) is 0 Å². The average Bonchev–Trinajstić information content (AvgIpc) is 2.44. The SMILES string of the molecule is CC(=O)NCc1ncc(-c2cncc(F)c2)nc1CC(F)(F)F. The van der Waals surface area contributed by atoms with Crippen molar-refractivity contribution in [1.29, 1.82) is 0 Å². The molecule has 1 N–H and O–H groups in total. The molecule has 0 aromatic carbocycles. The van der Waals surface area contributed by atoms with Gasteiger partial charge in [-0.15, -0.1) is 0 Å². The van der Waals surface area contributed by atoms with Gasteiger partial charge in [0, 0.05) is 18.7 Å². The molecule has 0 spiro atoms. The summed E-state index contributed by atoms with van der Waals surface area (Å²) in [6, 6.07) is 1.10. The number of hydrogen-bond donors (Lipinski definition) is 1. The minimum Gasteiger partial charge on any atom is -0.351 e. The summed E-state index contributed by atoms with van der Waals surface area (Å²) < 4.78 is 51.2. The normalized spacial score (nSPS) is 11.3. The Bertz CT molecular complexity index is 718. The lowest BCUT2D eigenvalue weighted by Crippen LogP contribution is -2.23. The van der Waals surface area contributed by atoms with Crippen molar-refractivity contribution in [2.24, 2.45) is 0 Å². The van der Waals surface area contributed by atoms with Gasteiger partial charge in [-0.2, -0.15) is 13.2 Å². The third-order valence-corrected chi connectivity index (χ3v) is 2.80. The molecule has 0 saturated carbocycles. The Morgan fingerprint density at radius 3 is 2.57 bits per heavy atom. The number of carbonyl (C=O) groups is 1. The Morgan fingerprint density at radius 2 is 1.96 bits per heavy atom. The molecule has 23 heavy (non-hydrogen) atoms. The van der Waals surface area contributed by atoms with E-state index in [2.05, 4.69) is 20.3 Å². The monoisotopic (exact) mass is 328 g/mol. The van der Waals surface area contributed by atoms with Crippen molar-refractivity contribution in [2.75, 3.05) is 0 Å². The van der Waals surface area contributed by atoms with Crippen LogP contribution in [0.25, 0.3) is 11.3 Å². The highest BCUT2D eigenvalue weighted by Crippen LogP contribution is 2.24. The summed E-state index contributed by atoms with van der Waals surface area (Å²) in [5.41, 5.74) is -0.0338. The quantitative estimate of drug-likeness (QED) is 0.875. The highest BCUT2D eigenvalue weighted by molar-refractivity contribution is 5.72. The summed E-state index contributed by atoms with van der Waals surface area (Å²) >= 11 is 0. The van der Waals surface area contributed by atoms with Crippen molar-refractivity contribution in [3.8, 4) is 11.3 Å². The Morgan fingerprint density at radius 1 is 1.22 bits per heavy atom. The second-order valence-electron chi connectivity index (χ2n) is 4.74. The fourth-order valence-electron chi connectivity index (χ4n) is 1.83. The van der Waals surface area contributed by atoms with Crippen LogP contribution >= 0.6 is 0 Å². The molecule has 0 unspecified atom stereocenters. The lowest BCUT2D eigenvalue weighted by molar-refractivity contribution is -0.128. The third-order valence-electron chi connectivity index (χ3n) is 2.80. The predicted octanol–water partition coefficient (Wildman–Crippen LogP) is 2.42. The van der Waals surface area contributed by atoms with Crippen LogP contribution in [-0.2, 0) is 17.8 Å². The number of nitrogens with one attached hydrogen (secondary N) is 1. The van der Waals surface area contributed by atoms with E-state index in [9.17, 15) is 22.4 Å². The van der Waals surface area contributed by atoms with Gasteiger partial charge in [0.1, 0.15) is 5.82 Å². The summed E-state index contributed by atoms with van der Waals surface area (Å²) in [5.74, 6) is -1.04. The highest BCUT2D eigenvalue weighted by atomic mass is 19.4. The van der Waals surface area contributed by atoms with E-state index in [4.69, 9.17) is 0 Å². The molecule has 0 aliphatic carbocycles. The van der Waals surface area contributed by atoms with Gasteiger partial charge in [0.15, 0.2) is 0 Å². The van der Waals surface area contributed by atoms with Gasteiger partial charge in [-0.1, -0.05) is 0 Å². The molecular formula is C14H12F4N4O. The minimum atomic E-state index is -4.49. The van der Waals surface area contributed by atoms with Gasteiger partial charge < -0.3 is 5.32 Å². The summed E-state index contributed by atoms with van der Waals surface area (Å²) in [7, 11) is 0. The smallest absolute Gasteiger partial charge is 0.351 e. The summed E-state index contributed by atoms with van der Waals surface area (Å²) in [5, 5.41) is 2.38. The van der Waals surface area contributed by atoms with E-state index >= 15 is 0 Å². The molecule has 0 atom stereocenters. The Hall–Kier alpha value is -2.58. The fourth-order valence-corrected chi connectivity index (χ4v) is 1.83. The van der Waals surface area contributed by atoms with Gasteiger partial charge in [-0.05, 0) is 6.07 Å². The second-order valence-corrected chi connectivity index (χ2v) is 4.74. The van der Waals surface area contributed by atoms with Crippen LogP contribution in [0.2, 0.25) is 0 Å². The van der Waals surface area contributed by atoms with Crippen LogP contribution < -0.4 is 5.32 Å². The number of hydrogen-bond acceptors (Lipinski definition) is 4. The molecule has 9 heteroatoms. The summed E-state index contributed by atoms with van der Waals surface area (Å²) in [6.45, 7) is 1.07. The molecule has 0 aliphatic rings. The van der Waals surface area contributed by atoms with Gasteiger partial charge in [0.25, 0.3) is 0 Å². The molecule has 122 valence electrons. The minimum absolute atomic E-state index is 0.00522. The van der Waals surface area contributed by atoms with E-state index in [-0.39, 0.29) is 29.2 Å². The van der Waals surface area contributed by atoms with Crippen LogP contribution in [0.4, 0.5) is 17.6 Å². The zero-order chi connectivity index (χ0) is 17.0. The predicted molar refractivity (Wildman–Crippen MR) is 72.5 cm³/mol. The molecule has 0 fully saturated rings. The van der Waals surface area contributed by atoms with Gasteiger partial charge in [-0.25, -0.2) is 9.37 Å². The van der Waals surface area contributed by atoms with E-state index in [0.29, 0.717) is 0 Å². The lowest BCUT2D eigenvalue weighted by Gasteiger charge is -2.12. The Kier molecular flexibility index (Phi) is 4.87. The number of amides is 1. The first-order valence-electron chi connectivity index (χ1n) is 6.51. The number of halogens is 4. The van der Waals surface area contributed by atoms with Crippen molar-refractivity contribution >= 4 is 5.91 Å². The standard InChI is InChI=1S/C14H12F4N4O/c1-8(23)20-7-13-11(3-14(16,17)18)22-12(6-21-13)9-2-10(15)5-19-4-9/h2,4-6H,3,7H2,1H3,(H,20,23). The summed E-state index contributed by atoms with van der Waals surface area (Å²) in [6.07, 6.45) is -2.33. The maximum absolute atomic E-state index is 13.2. The first kappa shape index (κ1) is 16.8. The van der Waals surface area contributed by atoms with E-state index in [1.54, 1.807) is 0 Å². The van der Waals surface area contributed by atoms with Crippen LogP contribution in [0.1, 0.15) is 18.3 Å². The van der Waals surface area contributed by atoms with Gasteiger partial charge >= 0.3 is 6.18 Å². The van der Waals surface area contributed by atoms with Gasteiger partial charge in [0.2, 0.25) is 5.91 Å². The molecular weight excluding hydrogens is 316 g/mol. The molecule has 2 aromatic heterocycles. The molecule has 0 bridgehead atoms. The van der Waals surface area contributed by atoms with Crippen LogP contribution in [0.15, 0.2) is 24.7 Å². The number of carbonyl (C=O) groups excluding carboxylic acids is 1. The molecule has 1 amide bonds. The molecule has 2 heterocycles. The molecule has 0 saturated heterocycles. The van der Waals surface area contributed by atoms with Crippen molar-refractivity contribution in [2.45, 2.75) is 26.1 Å². The number of nitrogens with zero attached hydrogens (tertiary/aromatic N) is 3. The molecule has 2 rings (SSSR count). The van der Waals surface area contributed by atoms with Crippen molar-refractivity contribution < 1.29 is 22.4 Å². The molecule has 5 nitrogen and oxygen atoms in total. The first-order valence-corrected chi connectivity index (χ1v) is 6.51. The number of pyridine rings is 1. The van der Waals surface area contributed by atoms with E-state index in [1.165, 1.54) is 19.3 Å². The van der Waals surface area contributed by atoms with Crippen molar-refractivity contribution in [1.82, 2.24) is 20.3 Å². The van der Waals surface area contributed by atoms with Gasteiger partial charge in [-0.3, -0.25) is 14.8 Å². The average molecular weight is 328 g/mol. The van der Waals surface area contributed by atoms with Crippen LogP contribution in [0.3, 0.4) is 0 Å². The van der Waals surface area contributed by atoms with Gasteiger partial charge in [0.05, 0.1) is 42.4 Å². The number of aromatic nitrogens is 3. The molecule has 0 radical (unpaired) electrons. The Labute approximate surface area is 128 Å². The molecule has 2 aromatic rings. The van der Waals surface area contributed by atoms with Crippen LogP contribution in [-0.4, -0.2) is 27.0 Å². The largest absolute Gasteiger partial charge is 0.394 e. The second kappa shape index (κ2) is 6.67. The first-order chi connectivity index (χ1) is 10.7. The number of alkyl halides is 3. The van der Waals surface area contributed by atoms with Crippen LogP contribution in [0, 0.1) is 5.82 Å². The topological polar surface area (TPSA) is 67.8 Å². The van der Waals surface area contributed by atoms with E-state index in [0.717, 1.165) is 12.3 Å². The van der Waals surface area contributed by atoms with E-state index in [1.807, 2.05) is 0 Å². The van der Waals surface area contributed by atoms with Crippen LogP contribution in [0.5, 0.6) is 0 Å². The van der Waals surface area contributed by atoms with E-state index < -0.39 is 24.3 Å². The Balaban J connectivity index is 2.39. The molecule has 0 aliphatic heterocycles. The third kappa shape index (κ3) is 4.97. The lowest BCUT2D eigenvalue weighted by atomic mass is 10.1. The highest BCUT2D eigenvalue weighted by Gasteiger charge is 2.30. The fraction of sp³-hybridized carbons (Fsp3) is 0.286.